The number of carbonyl (C=O) groups is 2. The minimum atomic E-state index is -1.30. The first-order valence-corrected chi connectivity index (χ1v) is 11.0. The summed E-state index contributed by atoms with van der Waals surface area (Å²) in [6.07, 6.45) is 0. The normalized spacial score (nSPS) is 11.8. The van der Waals surface area contributed by atoms with Crippen LogP contribution in [0.5, 0.6) is 5.75 Å². The summed E-state index contributed by atoms with van der Waals surface area (Å²) in [7, 11) is 1.47. The minimum Gasteiger partial charge on any atom is -0.495 e. The van der Waals surface area contributed by atoms with Crippen molar-refractivity contribution in [1.29, 1.82) is 0 Å². The van der Waals surface area contributed by atoms with Crippen molar-refractivity contribution in [3.05, 3.63) is 94.0 Å². The Morgan fingerprint density at radius 2 is 1.71 bits per heavy atom. The van der Waals surface area contributed by atoms with Gasteiger partial charge in [-0.15, -0.1) is 0 Å². The van der Waals surface area contributed by atoms with Crippen molar-refractivity contribution in [2.75, 3.05) is 7.11 Å². The van der Waals surface area contributed by atoms with Crippen LogP contribution in [0.15, 0.2) is 66.7 Å². The van der Waals surface area contributed by atoms with Crippen LogP contribution in [0, 0.1) is 13.8 Å². The third-order valence-electron chi connectivity index (χ3n) is 5.77. The first-order valence-electron chi connectivity index (χ1n) is 10.6. The quantitative estimate of drug-likeness (QED) is 0.372. The molecular weight excluding hydrogens is 452 g/mol. The number of aryl methyl sites for hydroxylation is 2. The van der Waals surface area contributed by atoms with Gasteiger partial charge in [0.2, 0.25) is 0 Å². The van der Waals surface area contributed by atoms with E-state index >= 15 is 0 Å². The maximum Gasteiger partial charge on any atom is 0.330 e. The molecule has 1 atom stereocenters. The number of hydrogen-bond donors (Lipinski definition) is 2. The zero-order valence-corrected chi connectivity index (χ0v) is 19.7. The SMILES string of the molecule is COc1ccc(C(NC(=O)c2cc(-c3ccccc3)nc3cc(C)c(C)cc23)C(=O)O)cc1Cl. The van der Waals surface area contributed by atoms with Gasteiger partial charge >= 0.3 is 5.97 Å². The average molecular weight is 475 g/mol. The lowest BCUT2D eigenvalue weighted by molar-refractivity contribution is -0.139. The standard InChI is InChI=1S/C27H23ClN2O4/c1-15-11-19-20(14-22(17-7-5-4-6-8-17)29-23(19)12-16(15)2)26(31)30-25(27(32)33)18-9-10-24(34-3)21(28)13-18/h4-14,25H,1-3H3,(H,30,31)(H,32,33). The molecule has 2 N–H and O–H groups in total. The molecule has 6 nitrogen and oxygen atoms in total. The Kier molecular flexibility index (Phi) is 6.52. The summed E-state index contributed by atoms with van der Waals surface area (Å²) in [5.74, 6) is -1.31. The van der Waals surface area contributed by atoms with Crippen LogP contribution in [0.2, 0.25) is 5.02 Å². The molecule has 0 bridgehead atoms. The van der Waals surface area contributed by atoms with E-state index in [0.717, 1.165) is 16.7 Å². The zero-order valence-electron chi connectivity index (χ0n) is 18.9. The van der Waals surface area contributed by atoms with Crippen molar-refractivity contribution in [3.63, 3.8) is 0 Å². The van der Waals surface area contributed by atoms with Crippen molar-refractivity contribution in [2.45, 2.75) is 19.9 Å². The number of ether oxygens (including phenoxy) is 1. The van der Waals surface area contributed by atoms with Gasteiger partial charge in [0.1, 0.15) is 5.75 Å². The predicted molar refractivity (Wildman–Crippen MR) is 132 cm³/mol. The van der Waals surface area contributed by atoms with E-state index in [1.165, 1.54) is 13.2 Å². The lowest BCUT2D eigenvalue weighted by Gasteiger charge is -2.18. The topological polar surface area (TPSA) is 88.5 Å². The molecule has 7 heteroatoms. The number of aromatic nitrogens is 1. The minimum absolute atomic E-state index is 0.257. The Labute approximate surface area is 202 Å². The van der Waals surface area contributed by atoms with Crippen LogP contribution in [0.4, 0.5) is 0 Å². The number of aliphatic carboxylic acids is 1. The van der Waals surface area contributed by atoms with Crippen molar-refractivity contribution in [3.8, 4) is 17.0 Å². The molecule has 0 saturated carbocycles. The molecule has 0 spiro atoms. The van der Waals surface area contributed by atoms with Gasteiger partial charge in [0.25, 0.3) is 5.91 Å². The van der Waals surface area contributed by atoms with Crippen molar-refractivity contribution < 1.29 is 19.4 Å². The number of amides is 1. The Morgan fingerprint density at radius 1 is 1.00 bits per heavy atom. The monoisotopic (exact) mass is 474 g/mol. The smallest absolute Gasteiger partial charge is 0.330 e. The fourth-order valence-corrected chi connectivity index (χ4v) is 4.06. The highest BCUT2D eigenvalue weighted by molar-refractivity contribution is 6.32. The van der Waals surface area contributed by atoms with Gasteiger partial charge in [-0.25, -0.2) is 9.78 Å². The summed E-state index contributed by atoms with van der Waals surface area (Å²) in [6, 6.07) is 18.4. The van der Waals surface area contributed by atoms with Gasteiger partial charge in [-0.3, -0.25) is 4.79 Å². The number of halogens is 1. The van der Waals surface area contributed by atoms with E-state index < -0.39 is 17.9 Å². The van der Waals surface area contributed by atoms with Gasteiger partial charge in [0.15, 0.2) is 6.04 Å². The van der Waals surface area contributed by atoms with Crippen LogP contribution in [0.1, 0.15) is 33.1 Å². The van der Waals surface area contributed by atoms with Crippen LogP contribution in [0.3, 0.4) is 0 Å². The molecule has 172 valence electrons. The summed E-state index contributed by atoms with van der Waals surface area (Å²) < 4.78 is 5.14. The van der Waals surface area contributed by atoms with Gasteiger partial charge in [0.05, 0.1) is 28.9 Å². The number of benzene rings is 3. The highest BCUT2D eigenvalue weighted by atomic mass is 35.5. The van der Waals surface area contributed by atoms with E-state index in [4.69, 9.17) is 21.3 Å². The number of fused-ring (bicyclic) bond motifs is 1. The Hall–Kier alpha value is -3.90. The Balaban J connectivity index is 1.81. The fraction of sp³-hybridized carbons (Fsp3) is 0.148. The molecule has 4 aromatic rings. The number of carbonyl (C=O) groups excluding carboxylic acids is 1. The summed E-state index contributed by atoms with van der Waals surface area (Å²) in [4.78, 5) is 30.3. The van der Waals surface area contributed by atoms with E-state index in [2.05, 4.69) is 5.32 Å². The molecular formula is C27H23ClN2O4. The van der Waals surface area contributed by atoms with Gasteiger partial charge < -0.3 is 15.2 Å². The average Bonchev–Trinajstić information content (AvgIpc) is 2.83. The van der Waals surface area contributed by atoms with Gasteiger partial charge in [-0.05, 0) is 60.9 Å². The third-order valence-corrected chi connectivity index (χ3v) is 6.07. The van der Waals surface area contributed by atoms with Gasteiger partial charge in [-0.1, -0.05) is 48.0 Å². The van der Waals surface area contributed by atoms with E-state index in [1.807, 2.05) is 56.3 Å². The zero-order chi connectivity index (χ0) is 24.4. The highest BCUT2D eigenvalue weighted by Gasteiger charge is 2.25. The van der Waals surface area contributed by atoms with Crippen LogP contribution in [0.25, 0.3) is 22.2 Å². The molecule has 0 aliphatic carbocycles. The first-order chi connectivity index (χ1) is 16.3. The fourth-order valence-electron chi connectivity index (χ4n) is 3.79. The molecule has 1 unspecified atom stereocenters. The molecule has 4 rings (SSSR count). The molecule has 34 heavy (non-hydrogen) atoms. The second kappa shape index (κ2) is 9.53. The maximum atomic E-state index is 13.5. The molecule has 1 heterocycles. The number of pyridine rings is 1. The lowest BCUT2D eigenvalue weighted by Crippen LogP contribution is -2.34. The second-order valence-electron chi connectivity index (χ2n) is 8.01. The summed E-state index contributed by atoms with van der Waals surface area (Å²) in [5, 5.41) is 13.4. The first kappa shape index (κ1) is 23.3. The number of methoxy groups -OCH3 is 1. The summed E-state index contributed by atoms with van der Waals surface area (Å²) in [6.45, 7) is 3.94. The van der Waals surface area contributed by atoms with Crippen LogP contribution in [-0.4, -0.2) is 29.1 Å². The summed E-state index contributed by atoms with van der Waals surface area (Å²) in [5.41, 5.74) is 4.88. The lowest BCUT2D eigenvalue weighted by atomic mass is 9.99. The van der Waals surface area contributed by atoms with E-state index in [9.17, 15) is 14.7 Å². The van der Waals surface area contributed by atoms with E-state index in [1.54, 1.807) is 18.2 Å². The maximum absolute atomic E-state index is 13.5. The molecule has 0 radical (unpaired) electrons. The highest BCUT2D eigenvalue weighted by Crippen LogP contribution is 2.30. The number of nitrogens with zero attached hydrogens (tertiary/aromatic N) is 1. The Bertz CT molecular complexity index is 1400. The van der Waals surface area contributed by atoms with Crippen LogP contribution >= 0.6 is 11.6 Å². The number of hydrogen-bond acceptors (Lipinski definition) is 4. The number of nitrogens with one attached hydrogen (secondary N) is 1. The molecule has 1 amide bonds. The van der Waals surface area contributed by atoms with E-state index in [0.29, 0.717) is 33.5 Å². The molecule has 0 saturated heterocycles. The second-order valence-corrected chi connectivity index (χ2v) is 8.42. The predicted octanol–water partition coefficient (Wildman–Crippen LogP) is 5.74. The summed E-state index contributed by atoms with van der Waals surface area (Å²) >= 11 is 6.19. The molecule has 0 aliphatic heterocycles. The van der Waals surface area contributed by atoms with Crippen LogP contribution in [-0.2, 0) is 4.79 Å². The van der Waals surface area contributed by atoms with Gasteiger partial charge in [0, 0.05) is 10.9 Å². The van der Waals surface area contributed by atoms with Crippen molar-refractivity contribution in [2.24, 2.45) is 0 Å². The van der Waals surface area contributed by atoms with E-state index in [-0.39, 0.29) is 5.02 Å². The van der Waals surface area contributed by atoms with Crippen LogP contribution < -0.4 is 10.1 Å². The largest absolute Gasteiger partial charge is 0.495 e. The number of carboxylic acids is 1. The molecule has 0 aliphatic rings. The van der Waals surface area contributed by atoms with Gasteiger partial charge in [-0.2, -0.15) is 0 Å². The molecule has 1 aromatic heterocycles. The number of carboxylic acid groups (broad SMARTS) is 1. The van der Waals surface area contributed by atoms with Crippen molar-refractivity contribution >= 4 is 34.4 Å². The Morgan fingerprint density at radius 3 is 2.35 bits per heavy atom. The van der Waals surface area contributed by atoms with Crippen molar-refractivity contribution in [1.82, 2.24) is 10.3 Å². The molecule has 3 aromatic carbocycles. The molecule has 0 fully saturated rings. The third kappa shape index (κ3) is 4.58. The number of rotatable bonds is 6.